The van der Waals surface area contributed by atoms with Crippen LogP contribution in [0.3, 0.4) is 0 Å². The second-order valence-corrected chi connectivity index (χ2v) is 5.68. The first-order valence-electron chi connectivity index (χ1n) is 4.63. The van der Waals surface area contributed by atoms with E-state index < -0.39 is 27.2 Å². The van der Waals surface area contributed by atoms with Crippen molar-refractivity contribution in [1.29, 1.82) is 0 Å². The Morgan fingerprint density at radius 1 is 1.47 bits per heavy atom. The fourth-order valence-corrected chi connectivity index (χ4v) is 1.46. The summed E-state index contributed by atoms with van der Waals surface area (Å²) < 4.78 is 39.8. The van der Waals surface area contributed by atoms with Gasteiger partial charge in [0.2, 0.25) is 0 Å². The number of sulfone groups is 1. The summed E-state index contributed by atoms with van der Waals surface area (Å²) in [6.45, 7) is -0.106. The molecule has 0 heterocycles. The number of benzene rings is 1. The molecule has 17 heavy (non-hydrogen) atoms. The van der Waals surface area contributed by atoms with Gasteiger partial charge in [0.15, 0.2) is 9.84 Å². The number of hydrogen-bond donors (Lipinski definition) is 1. The molecule has 0 bridgehead atoms. The Bertz CT molecular complexity index is 523. The number of hydrogen-bond acceptors (Lipinski definition) is 4. The number of rotatable bonds is 5. The van der Waals surface area contributed by atoms with E-state index >= 15 is 0 Å². The van der Waals surface area contributed by atoms with Crippen molar-refractivity contribution in [1.82, 2.24) is 0 Å². The predicted molar refractivity (Wildman–Crippen MR) is 58.6 cm³/mol. The summed E-state index contributed by atoms with van der Waals surface area (Å²) in [5.74, 6) is -2.38. The van der Waals surface area contributed by atoms with Crippen LogP contribution in [0.15, 0.2) is 18.2 Å². The number of carbonyl (C=O) groups is 1. The molecule has 0 saturated heterocycles. The molecule has 1 rings (SSSR count). The highest BCUT2D eigenvalue weighted by Crippen LogP contribution is 2.16. The van der Waals surface area contributed by atoms with Crippen LogP contribution in [0, 0.1) is 5.82 Å². The zero-order chi connectivity index (χ0) is 13.1. The van der Waals surface area contributed by atoms with Gasteiger partial charge in [0.25, 0.3) is 0 Å². The van der Waals surface area contributed by atoms with E-state index in [0.29, 0.717) is 0 Å². The van der Waals surface area contributed by atoms with E-state index in [-0.39, 0.29) is 18.1 Å². The summed E-state index contributed by atoms with van der Waals surface area (Å²) in [6.07, 6.45) is 1.06. The SMILES string of the molecule is CS(=O)(=O)CCOc1ccc(C(=O)O)c(F)c1. The van der Waals surface area contributed by atoms with Gasteiger partial charge in [-0.2, -0.15) is 0 Å². The Labute approximate surface area is 97.8 Å². The van der Waals surface area contributed by atoms with Crippen molar-refractivity contribution in [2.45, 2.75) is 0 Å². The molecule has 0 atom stereocenters. The molecule has 0 radical (unpaired) electrons. The van der Waals surface area contributed by atoms with Crippen LogP contribution in [0.1, 0.15) is 10.4 Å². The molecular formula is C10H11FO5S. The molecule has 0 aliphatic carbocycles. The van der Waals surface area contributed by atoms with Crippen molar-refractivity contribution in [2.75, 3.05) is 18.6 Å². The van der Waals surface area contributed by atoms with Crippen LogP contribution in [0.2, 0.25) is 0 Å². The zero-order valence-corrected chi connectivity index (χ0v) is 9.83. The number of carboxylic acid groups (broad SMARTS) is 1. The van der Waals surface area contributed by atoms with Crippen molar-refractivity contribution >= 4 is 15.8 Å². The zero-order valence-electron chi connectivity index (χ0n) is 9.01. The standard InChI is InChI=1S/C10H11FO5S/c1-17(14,15)5-4-16-7-2-3-8(10(12)13)9(11)6-7/h2-3,6H,4-5H2,1H3,(H,12,13). The number of halogens is 1. The van der Waals surface area contributed by atoms with Gasteiger partial charge in [-0.25, -0.2) is 17.6 Å². The summed E-state index contributed by atoms with van der Waals surface area (Å²) in [4.78, 5) is 10.5. The van der Waals surface area contributed by atoms with Crippen molar-refractivity contribution in [3.05, 3.63) is 29.6 Å². The summed E-state index contributed by atoms with van der Waals surface area (Å²) in [5, 5.41) is 8.58. The third kappa shape index (κ3) is 4.39. The Kier molecular flexibility index (Phi) is 4.06. The van der Waals surface area contributed by atoms with Gasteiger partial charge >= 0.3 is 5.97 Å². The summed E-state index contributed by atoms with van der Waals surface area (Å²) in [6, 6.07) is 3.24. The molecule has 1 N–H and O–H groups in total. The van der Waals surface area contributed by atoms with E-state index in [1.165, 1.54) is 6.07 Å². The van der Waals surface area contributed by atoms with Crippen LogP contribution in [-0.4, -0.2) is 38.1 Å². The third-order valence-corrected chi connectivity index (χ3v) is 2.80. The Balaban J connectivity index is 2.68. The van der Waals surface area contributed by atoms with Crippen molar-refractivity contribution in [3.8, 4) is 5.75 Å². The molecule has 5 nitrogen and oxygen atoms in total. The molecule has 7 heteroatoms. The number of ether oxygens (including phenoxy) is 1. The molecule has 0 unspecified atom stereocenters. The van der Waals surface area contributed by atoms with E-state index in [2.05, 4.69) is 0 Å². The lowest BCUT2D eigenvalue weighted by atomic mass is 10.2. The highest BCUT2D eigenvalue weighted by molar-refractivity contribution is 7.90. The lowest BCUT2D eigenvalue weighted by molar-refractivity contribution is 0.0692. The molecule has 0 amide bonds. The van der Waals surface area contributed by atoms with Crippen molar-refractivity contribution < 1.29 is 27.4 Å². The van der Waals surface area contributed by atoms with Gasteiger partial charge < -0.3 is 9.84 Å². The topological polar surface area (TPSA) is 80.7 Å². The maximum Gasteiger partial charge on any atom is 0.338 e. The van der Waals surface area contributed by atoms with Crippen LogP contribution in [0.5, 0.6) is 5.75 Å². The number of aromatic carboxylic acids is 1. The van der Waals surface area contributed by atoms with Crippen LogP contribution < -0.4 is 4.74 Å². The minimum Gasteiger partial charge on any atom is -0.492 e. The highest BCUT2D eigenvalue weighted by atomic mass is 32.2. The molecule has 0 aromatic heterocycles. The first-order valence-corrected chi connectivity index (χ1v) is 6.69. The van der Waals surface area contributed by atoms with Crippen LogP contribution in [-0.2, 0) is 9.84 Å². The molecule has 94 valence electrons. The normalized spacial score (nSPS) is 11.2. The summed E-state index contributed by atoms with van der Waals surface area (Å²) in [5.41, 5.74) is -0.458. The van der Waals surface area contributed by atoms with Crippen LogP contribution in [0.25, 0.3) is 0 Å². The molecule has 0 aliphatic rings. The third-order valence-electron chi connectivity index (χ3n) is 1.89. The molecule has 0 spiro atoms. The molecule has 1 aromatic rings. The quantitative estimate of drug-likeness (QED) is 0.854. The maximum absolute atomic E-state index is 13.2. The summed E-state index contributed by atoms with van der Waals surface area (Å²) >= 11 is 0. The minimum absolute atomic E-state index is 0.0937. The fraction of sp³-hybridized carbons (Fsp3) is 0.300. The van der Waals surface area contributed by atoms with Gasteiger partial charge in [-0.15, -0.1) is 0 Å². The maximum atomic E-state index is 13.2. The smallest absolute Gasteiger partial charge is 0.338 e. The monoisotopic (exact) mass is 262 g/mol. The van der Waals surface area contributed by atoms with Crippen LogP contribution in [0.4, 0.5) is 4.39 Å². The molecule has 1 aromatic carbocycles. The first-order chi connectivity index (χ1) is 7.79. The molecule has 0 aliphatic heterocycles. The first kappa shape index (κ1) is 13.4. The lowest BCUT2D eigenvalue weighted by Crippen LogP contribution is -2.12. The second kappa shape index (κ2) is 5.13. The highest BCUT2D eigenvalue weighted by Gasteiger charge is 2.11. The van der Waals surface area contributed by atoms with Gasteiger partial charge in [0.05, 0.1) is 11.3 Å². The van der Waals surface area contributed by atoms with E-state index in [1.807, 2.05) is 0 Å². The fourth-order valence-electron chi connectivity index (χ4n) is 1.07. The van der Waals surface area contributed by atoms with E-state index in [4.69, 9.17) is 9.84 Å². The second-order valence-electron chi connectivity index (χ2n) is 3.43. The van der Waals surface area contributed by atoms with E-state index in [9.17, 15) is 17.6 Å². The van der Waals surface area contributed by atoms with Gasteiger partial charge in [0.1, 0.15) is 18.2 Å². The van der Waals surface area contributed by atoms with Crippen molar-refractivity contribution in [3.63, 3.8) is 0 Å². The predicted octanol–water partition coefficient (Wildman–Crippen LogP) is 0.947. The lowest BCUT2D eigenvalue weighted by Gasteiger charge is -2.06. The molecular weight excluding hydrogens is 251 g/mol. The van der Waals surface area contributed by atoms with Gasteiger partial charge in [-0.3, -0.25) is 0 Å². The van der Waals surface area contributed by atoms with Crippen LogP contribution >= 0.6 is 0 Å². The van der Waals surface area contributed by atoms with Gasteiger partial charge in [-0.05, 0) is 12.1 Å². The summed E-state index contributed by atoms with van der Waals surface area (Å²) in [7, 11) is -3.14. The van der Waals surface area contributed by atoms with Gasteiger partial charge in [0, 0.05) is 12.3 Å². The molecule has 0 saturated carbocycles. The van der Waals surface area contributed by atoms with Gasteiger partial charge in [-0.1, -0.05) is 0 Å². The Morgan fingerprint density at radius 3 is 2.59 bits per heavy atom. The van der Waals surface area contributed by atoms with E-state index in [0.717, 1.165) is 18.4 Å². The van der Waals surface area contributed by atoms with Crippen molar-refractivity contribution in [2.24, 2.45) is 0 Å². The Morgan fingerprint density at radius 2 is 2.12 bits per heavy atom. The number of carboxylic acids is 1. The largest absolute Gasteiger partial charge is 0.492 e. The Hall–Kier alpha value is -1.63. The van der Waals surface area contributed by atoms with E-state index in [1.54, 1.807) is 0 Å². The average Bonchev–Trinajstić information content (AvgIpc) is 2.15. The minimum atomic E-state index is -3.14. The average molecular weight is 262 g/mol. The molecule has 0 fully saturated rings.